The molecule has 0 aromatic rings. The summed E-state index contributed by atoms with van der Waals surface area (Å²) in [5.74, 6) is 0. The van der Waals surface area contributed by atoms with Gasteiger partial charge in [0.1, 0.15) is 0 Å². The van der Waals surface area contributed by atoms with E-state index >= 15 is 0 Å². The van der Waals surface area contributed by atoms with Gasteiger partial charge in [0.25, 0.3) is 0 Å². The van der Waals surface area contributed by atoms with E-state index in [1.54, 1.807) is 0 Å². The Labute approximate surface area is 225 Å². The minimum Gasteiger partial charge on any atom is -0.0654 e. The Balaban J connectivity index is 3.03. The quantitative estimate of drug-likeness (QED) is 0.0910. The summed E-state index contributed by atoms with van der Waals surface area (Å²) in [5, 5.41) is 0. The van der Waals surface area contributed by atoms with Gasteiger partial charge < -0.3 is 0 Å². The van der Waals surface area contributed by atoms with E-state index in [1.165, 1.54) is 193 Å². The Morgan fingerprint density at radius 1 is 0.257 bits per heavy atom. The molecule has 0 heterocycles. The third-order valence-corrected chi connectivity index (χ3v) is 8.03. The van der Waals surface area contributed by atoms with Crippen molar-refractivity contribution in [2.45, 2.75) is 220 Å². The van der Waals surface area contributed by atoms with Gasteiger partial charge in [0, 0.05) is 0 Å². The van der Waals surface area contributed by atoms with Crippen LogP contribution in [0.1, 0.15) is 220 Å². The van der Waals surface area contributed by atoms with Crippen LogP contribution in [0.25, 0.3) is 0 Å². The molecule has 0 nitrogen and oxygen atoms in total. The Morgan fingerprint density at radius 3 is 0.600 bits per heavy atom. The number of hydrogen-bond acceptors (Lipinski definition) is 0. The van der Waals surface area contributed by atoms with E-state index in [0.29, 0.717) is 5.41 Å². The summed E-state index contributed by atoms with van der Waals surface area (Å²) in [5.41, 5.74) is 0.533. The van der Waals surface area contributed by atoms with Crippen LogP contribution in [0.5, 0.6) is 0 Å². The molecule has 0 heteroatoms. The highest BCUT2D eigenvalue weighted by atomic mass is 14.1. The summed E-state index contributed by atoms with van der Waals surface area (Å²) in [6.45, 7) is 9.42. The van der Waals surface area contributed by atoms with Gasteiger partial charge in [-0.3, -0.25) is 0 Å². The molecule has 0 amide bonds. The van der Waals surface area contributed by atoms with E-state index in [-0.39, 0.29) is 0 Å². The predicted molar refractivity (Wildman–Crippen MR) is 164 cm³/mol. The lowest BCUT2D eigenvalue weighted by atomic mass is 9.89. The van der Waals surface area contributed by atoms with Crippen LogP contribution >= 0.6 is 0 Å². The van der Waals surface area contributed by atoms with E-state index in [9.17, 15) is 0 Å². The zero-order chi connectivity index (χ0) is 25.7. The van der Waals surface area contributed by atoms with Gasteiger partial charge in [-0.1, -0.05) is 214 Å². The molecule has 0 aliphatic carbocycles. The van der Waals surface area contributed by atoms with E-state index in [1.807, 2.05) is 0 Å². The van der Waals surface area contributed by atoms with Crippen LogP contribution in [0.15, 0.2) is 0 Å². The molecule has 0 unspecified atom stereocenters. The van der Waals surface area contributed by atoms with Crippen molar-refractivity contribution in [1.29, 1.82) is 0 Å². The van der Waals surface area contributed by atoms with E-state index in [2.05, 4.69) is 27.7 Å². The molecule has 0 rings (SSSR count). The maximum Gasteiger partial charge on any atom is -0.0383 e. The molecule has 0 radical (unpaired) electrons. The fourth-order valence-corrected chi connectivity index (χ4v) is 5.50. The summed E-state index contributed by atoms with van der Waals surface area (Å²) in [6.07, 6.45) is 44.3. The van der Waals surface area contributed by atoms with E-state index in [0.717, 1.165) is 0 Å². The SMILES string of the molecule is CCCCCCCCCCCCCCCCCCCCCCCCCCCCCCCC(C)(C)C. The zero-order valence-corrected chi connectivity index (χ0v) is 25.7. The van der Waals surface area contributed by atoms with Crippen LogP contribution in [-0.2, 0) is 0 Å². The monoisotopic (exact) mass is 493 g/mol. The second kappa shape index (κ2) is 28.6. The van der Waals surface area contributed by atoms with Crippen LogP contribution in [0.4, 0.5) is 0 Å². The van der Waals surface area contributed by atoms with E-state index < -0.39 is 0 Å². The lowest BCUT2D eigenvalue weighted by molar-refractivity contribution is 0.356. The number of unbranched alkanes of at least 4 members (excludes halogenated alkanes) is 28. The first kappa shape index (κ1) is 35.0. The Kier molecular flexibility index (Phi) is 28.6. The minimum atomic E-state index is 0.533. The predicted octanol–water partition coefficient (Wildman–Crippen LogP) is 13.8. The number of hydrogen-bond donors (Lipinski definition) is 0. The molecule has 0 aliphatic rings. The van der Waals surface area contributed by atoms with Gasteiger partial charge in [0.2, 0.25) is 0 Å². The largest absolute Gasteiger partial charge is 0.0654 e. The average molecular weight is 493 g/mol. The van der Waals surface area contributed by atoms with Crippen molar-refractivity contribution in [2.75, 3.05) is 0 Å². The molecule has 0 aliphatic heterocycles. The highest BCUT2D eigenvalue weighted by Gasteiger charge is 2.08. The van der Waals surface area contributed by atoms with Crippen LogP contribution in [0.3, 0.4) is 0 Å². The van der Waals surface area contributed by atoms with Crippen LogP contribution in [0.2, 0.25) is 0 Å². The highest BCUT2D eigenvalue weighted by molar-refractivity contribution is 4.61. The van der Waals surface area contributed by atoms with Gasteiger partial charge in [-0.25, -0.2) is 0 Å². The maximum atomic E-state index is 2.37. The number of rotatable bonds is 29. The Morgan fingerprint density at radius 2 is 0.429 bits per heavy atom. The fraction of sp³-hybridized carbons (Fsp3) is 1.00. The van der Waals surface area contributed by atoms with E-state index in [4.69, 9.17) is 0 Å². The van der Waals surface area contributed by atoms with Crippen LogP contribution < -0.4 is 0 Å². The summed E-state index contributed by atoms with van der Waals surface area (Å²) in [7, 11) is 0. The first-order valence-corrected chi connectivity index (χ1v) is 17.1. The smallest absolute Gasteiger partial charge is 0.0383 e. The van der Waals surface area contributed by atoms with Crippen molar-refractivity contribution in [3.05, 3.63) is 0 Å². The minimum absolute atomic E-state index is 0.533. The molecule has 35 heavy (non-hydrogen) atoms. The van der Waals surface area contributed by atoms with Crippen molar-refractivity contribution in [3.8, 4) is 0 Å². The van der Waals surface area contributed by atoms with Crippen LogP contribution in [0, 0.1) is 5.41 Å². The second-order valence-electron chi connectivity index (χ2n) is 13.2. The van der Waals surface area contributed by atoms with Crippen molar-refractivity contribution in [2.24, 2.45) is 5.41 Å². The summed E-state index contributed by atoms with van der Waals surface area (Å²) in [4.78, 5) is 0. The van der Waals surface area contributed by atoms with Gasteiger partial charge in [-0.15, -0.1) is 0 Å². The molecule has 0 aromatic carbocycles. The molecule has 0 bridgehead atoms. The lowest BCUT2D eigenvalue weighted by Crippen LogP contribution is -2.03. The summed E-state index contributed by atoms with van der Waals surface area (Å²) in [6, 6.07) is 0. The lowest BCUT2D eigenvalue weighted by Gasteiger charge is -2.17. The molecule has 0 saturated carbocycles. The van der Waals surface area contributed by atoms with Gasteiger partial charge in [-0.2, -0.15) is 0 Å². The van der Waals surface area contributed by atoms with Crippen LogP contribution in [-0.4, -0.2) is 0 Å². The maximum absolute atomic E-state index is 2.37. The molecule has 0 atom stereocenters. The Bertz CT molecular complexity index is 363. The normalized spacial score (nSPS) is 12.0. The molecule has 0 N–H and O–H groups in total. The third kappa shape index (κ3) is 34.0. The second-order valence-corrected chi connectivity index (χ2v) is 13.2. The van der Waals surface area contributed by atoms with Gasteiger partial charge in [0.15, 0.2) is 0 Å². The van der Waals surface area contributed by atoms with Gasteiger partial charge >= 0.3 is 0 Å². The molecule has 0 saturated heterocycles. The van der Waals surface area contributed by atoms with Gasteiger partial charge in [0.05, 0.1) is 0 Å². The Hall–Kier alpha value is 0. The summed E-state index contributed by atoms with van der Waals surface area (Å²) < 4.78 is 0. The van der Waals surface area contributed by atoms with Crippen molar-refractivity contribution in [1.82, 2.24) is 0 Å². The third-order valence-electron chi connectivity index (χ3n) is 8.03. The van der Waals surface area contributed by atoms with Gasteiger partial charge in [-0.05, 0) is 11.8 Å². The first-order valence-electron chi connectivity index (χ1n) is 17.1. The molecule has 212 valence electrons. The zero-order valence-electron chi connectivity index (χ0n) is 25.7. The molecular formula is C35H72. The molecule has 0 spiro atoms. The molecular weight excluding hydrogens is 420 g/mol. The van der Waals surface area contributed by atoms with Crippen molar-refractivity contribution >= 4 is 0 Å². The average Bonchev–Trinajstić information content (AvgIpc) is 2.82. The first-order chi connectivity index (χ1) is 17.1. The fourth-order valence-electron chi connectivity index (χ4n) is 5.50. The van der Waals surface area contributed by atoms with Crippen molar-refractivity contribution in [3.63, 3.8) is 0 Å². The van der Waals surface area contributed by atoms with Crippen molar-refractivity contribution < 1.29 is 0 Å². The summed E-state index contributed by atoms with van der Waals surface area (Å²) >= 11 is 0. The molecule has 0 fully saturated rings. The topological polar surface area (TPSA) is 0 Å². The molecule has 0 aromatic heterocycles. The standard InChI is InChI=1S/C35H72/c1-5-6-7-8-9-10-11-12-13-14-15-16-17-18-19-20-21-22-23-24-25-26-27-28-29-30-31-32-33-34-35(2,3)4/h5-34H2,1-4H3. The highest BCUT2D eigenvalue weighted by Crippen LogP contribution is 2.23.